The highest BCUT2D eigenvalue weighted by Gasteiger charge is 2.22. The van der Waals surface area contributed by atoms with Crippen molar-refractivity contribution in [3.8, 4) is 11.1 Å². The fourth-order valence-electron chi connectivity index (χ4n) is 4.79. The molecule has 0 bridgehead atoms. The van der Waals surface area contributed by atoms with Gasteiger partial charge in [-0.3, -0.25) is 4.79 Å². The van der Waals surface area contributed by atoms with Gasteiger partial charge in [0.2, 0.25) is 0 Å². The Morgan fingerprint density at radius 1 is 1.13 bits per heavy atom. The van der Waals surface area contributed by atoms with Crippen LogP contribution in [0.15, 0.2) is 23.1 Å². The fourth-order valence-corrected chi connectivity index (χ4v) is 5.57. The van der Waals surface area contributed by atoms with Crippen LogP contribution < -0.4 is 5.56 Å². The molecule has 0 aliphatic heterocycles. The molecule has 0 saturated heterocycles. The molecule has 2 aromatic heterocycles. The van der Waals surface area contributed by atoms with Crippen LogP contribution in [0.25, 0.3) is 22.2 Å². The molecule has 1 aromatic carbocycles. The van der Waals surface area contributed by atoms with Crippen LogP contribution in [0.1, 0.15) is 55.1 Å². The lowest BCUT2D eigenvalue weighted by Crippen LogP contribution is -2.25. The Kier molecular flexibility index (Phi) is 5.81. The standard InChI is InChI=1S/C24H31N3O3S/c1-5-6-11-27-16(2)25-23-18(15-31(4,29)30)12-17(13-22(23)27)21-14-26(3)24(28)20-10-8-7-9-19(20)21/h12-14H,5-11,15H2,1-4H3. The fraction of sp³-hybridized carbons (Fsp3) is 0.500. The molecular weight excluding hydrogens is 410 g/mol. The highest BCUT2D eigenvalue weighted by Crippen LogP contribution is 2.34. The van der Waals surface area contributed by atoms with Gasteiger partial charge in [0, 0.05) is 37.2 Å². The molecule has 0 atom stereocenters. The van der Waals surface area contributed by atoms with E-state index in [1.54, 1.807) is 11.6 Å². The van der Waals surface area contributed by atoms with Crippen LogP contribution in [-0.2, 0) is 42.0 Å². The minimum Gasteiger partial charge on any atom is -0.328 e. The molecule has 0 fully saturated rings. The molecule has 1 aliphatic carbocycles. The maximum absolute atomic E-state index is 12.7. The quantitative estimate of drug-likeness (QED) is 0.581. The Morgan fingerprint density at radius 2 is 1.84 bits per heavy atom. The van der Waals surface area contributed by atoms with Crippen LogP contribution in [0.3, 0.4) is 0 Å². The number of rotatable bonds is 6. The van der Waals surface area contributed by atoms with Crippen molar-refractivity contribution in [3.05, 3.63) is 51.2 Å². The van der Waals surface area contributed by atoms with Gasteiger partial charge in [0.05, 0.1) is 16.8 Å². The average molecular weight is 442 g/mol. The summed E-state index contributed by atoms with van der Waals surface area (Å²) >= 11 is 0. The highest BCUT2D eigenvalue weighted by molar-refractivity contribution is 7.89. The first kappa shape index (κ1) is 21.8. The third-order valence-corrected chi connectivity index (χ3v) is 7.12. The smallest absolute Gasteiger partial charge is 0.253 e. The summed E-state index contributed by atoms with van der Waals surface area (Å²) in [6.07, 6.45) is 9.08. The van der Waals surface area contributed by atoms with Gasteiger partial charge >= 0.3 is 0 Å². The topological polar surface area (TPSA) is 74.0 Å². The van der Waals surface area contributed by atoms with E-state index >= 15 is 0 Å². The van der Waals surface area contributed by atoms with E-state index in [2.05, 4.69) is 17.6 Å². The number of hydrogen-bond donors (Lipinski definition) is 0. The second-order valence-corrected chi connectivity index (χ2v) is 11.0. The summed E-state index contributed by atoms with van der Waals surface area (Å²) in [5.74, 6) is 0.855. The zero-order chi connectivity index (χ0) is 22.3. The average Bonchev–Trinajstić information content (AvgIpc) is 3.03. The number of nitrogens with zero attached hydrogens (tertiary/aromatic N) is 3. The predicted molar refractivity (Wildman–Crippen MR) is 125 cm³/mol. The van der Waals surface area contributed by atoms with E-state index in [-0.39, 0.29) is 11.3 Å². The monoisotopic (exact) mass is 441 g/mol. The lowest BCUT2D eigenvalue weighted by atomic mass is 9.87. The molecule has 7 heteroatoms. The van der Waals surface area contributed by atoms with E-state index in [1.807, 2.05) is 19.2 Å². The van der Waals surface area contributed by atoms with Gasteiger partial charge < -0.3 is 9.13 Å². The minimum absolute atomic E-state index is 0.0461. The lowest BCUT2D eigenvalue weighted by molar-refractivity contribution is 0.601. The molecule has 166 valence electrons. The van der Waals surface area contributed by atoms with Crippen LogP contribution in [0.2, 0.25) is 0 Å². The molecule has 31 heavy (non-hydrogen) atoms. The summed E-state index contributed by atoms with van der Waals surface area (Å²) in [5, 5.41) is 0. The summed E-state index contributed by atoms with van der Waals surface area (Å²) in [4.78, 5) is 17.5. The maximum atomic E-state index is 12.7. The van der Waals surface area contributed by atoms with Crippen molar-refractivity contribution in [1.82, 2.24) is 14.1 Å². The van der Waals surface area contributed by atoms with Crippen molar-refractivity contribution >= 4 is 20.9 Å². The highest BCUT2D eigenvalue weighted by atomic mass is 32.2. The van der Waals surface area contributed by atoms with Crippen LogP contribution >= 0.6 is 0 Å². The Morgan fingerprint density at radius 3 is 2.52 bits per heavy atom. The number of hydrogen-bond acceptors (Lipinski definition) is 4. The summed E-state index contributed by atoms with van der Waals surface area (Å²) in [6, 6.07) is 4.10. The maximum Gasteiger partial charge on any atom is 0.253 e. The molecule has 4 rings (SSSR count). The number of imidazole rings is 1. The normalized spacial score (nSPS) is 14.2. The molecule has 0 radical (unpaired) electrons. The SMILES string of the molecule is CCCCn1c(C)nc2c(CS(C)(=O)=O)cc(-c3cn(C)c(=O)c4c3CCCC4)cc21. The van der Waals surface area contributed by atoms with Gasteiger partial charge in [-0.1, -0.05) is 13.3 Å². The van der Waals surface area contributed by atoms with E-state index in [0.29, 0.717) is 0 Å². The largest absolute Gasteiger partial charge is 0.328 e. The number of fused-ring (bicyclic) bond motifs is 2. The summed E-state index contributed by atoms with van der Waals surface area (Å²) in [6.45, 7) is 4.99. The van der Waals surface area contributed by atoms with Crippen molar-refractivity contribution in [2.24, 2.45) is 7.05 Å². The zero-order valence-corrected chi connectivity index (χ0v) is 19.7. The molecule has 0 unspecified atom stereocenters. The van der Waals surface area contributed by atoms with Crippen LogP contribution in [0.4, 0.5) is 0 Å². The molecule has 0 amide bonds. The van der Waals surface area contributed by atoms with E-state index < -0.39 is 9.84 Å². The van der Waals surface area contributed by atoms with E-state index in [1.165, 1.54) is 6.26 Å². The molecular formula is C24H31N3O3S. The van der Waals surface area contributed by atoms with Crippen LogP contribution in [-0.4, -0.2) is 28.8 Å². The Balaban J connectivity index is 2.01. The molecule has 1 aliphatic rings. The van der Waals surface area contributed by atoms with Crippen LogP contribution in [0.5, 0.6) is 0 Å². The molecule has 3 aromatic rings. The summed E-state index contributed by atoms with van der Waals surface area (Å²) in [7, 11) is -1.43. The van der Waals surface area contributed by atoms with Gasteiger partial charge in [-0.15, -0.1) is 0 Å². The van der Waals surface area contributed by atoms with Crippen molar-refractivity contribution in [3.63, 3.8) is 0 Å². The first-order valence-electron chi connectivity index (χ1n) is 11.1. The summed E-state index contributed by atoms with van der Waals surface area (Å²) in [5.41, 5.74) is 6.59. The van der Waals surface area contributed by atoms with Crippen molar-refractivity contribution in [1.29, 1.82) is 0 Å². The first-order valence-corrected chi connectivity index (χ1v) is 13.1. The third kappa shape index (κ3) is 4.20. The Bertz CT molecular complexity index is 1320. The Hall–Kier alpha value is -2.41. The molecule has 2 heterocycles. The number of pyridine rings is 1. The van der Waals surface area contributed by atoms with Gasteiger partial charge in [0.25, 0.3) is 5.56 Å². The van der Waals surface area contributed by atoms with Gasteiger partial charge in [-0.25, -0.2) is 13.4 Å². The second-order valence-electron chi connectivity index (χ2n) is 8.86. The van der Waals surface area contributed by atoms with Gasteiger partial charge in [-0.05, 0) is 67.9 Å². The number of sulfone groups is 1. The Labute approximate surface area is 183 Å². The summed E-state index contributed by atoms with van der Waals surface area (Å²) < 4.78 is 28.3. The van der Waals surface area contributed by atoms with Crippen molar-refractivity contribution in [2.45, 2.75) is 64.7 Å². The second kappa shape index (κ2) is 8.26. The minimum atomic E-state index is -3.22. The van der Waals surface area contributed by atoms with Gasteiger partial charge in [0.15, 0.2) is 9.84 Å². The molecule has 0 N–H and O–H groups in total. The first-order chi connectivity index (χ1) is 14.7. The van der Waals surface area contributed by atoms with Crippen LogP contribution in [0, 0.1) is 6.92 Å². The molecule has 6 nitrogen and oxygen atoms in total. The van der Waals surface area contributed by atoms with E-state index in [0.717, 1.165) is 89.7 Å². The van der Waals surface area contributed by atoms with Crippen molar-refractivity contribution < 1.29 is 8.42 Å². The van der Waals surface area contributed by atoms with Crippen molar-refractivity contribution in [2.75, 3.05) is 6.26 Å². The number of aryl methyl sites for hydroxylation is 3. The third-order valence-electron chi connectivity index (χ3n) is 6.28. The van der Waals surface area contributed by atoms with E-state index in [9.17, 15) is 13.2 Å². The number of unbranched alkanes of at least 4 members (excludes halogenated alkanes) is 1. The number of aromatic nitrogens is 3. The zero-order valence-electron chi connectivity index (χ0n) is 18.9. The predicted octanol–water partition coefficient (Wildman–Crippen LogP) is 3.93. The lowest BCUT2D eigenvalue weighted by Gasteiger charge is -2.21. The number of benzene rings is 1. The molecule has 0 spiro atoms. The van der Waals surface area contributed by atoms with Gasteiger partial charge in [0.1, 0.15) is 5.82 Å². The van der Waals surface area contributed by atoms with Gasteiger partial charge in [-0.2, -0.15) is 0 Å². The molecule has 0 saturated carbocycles. The van der Waals surface area contributed by atoms with E-state index in [4.69, 9.17) is 4.98 Å².